The zero-order chi connectivity index (χ0) is 15.4. The molecule has 0 atom stereocenters. The molecule has 0 N–H and O–H groups in total. The molecule has 0 bridgehead atoms. The molecule has 22 heavy (non-hydrogen) atoms. The minimum Gasteiger partial charge on any atom is -0.258 e. The summed E-state index contributed by atoms with van der Waals surface area (Å²) in [7, 11) is 0. The Morgan fingerprint density at radius 1 is 1.09 bits per heavy atom. The summed E-state index contributed by atoms with van der Waals surface area (Å²) in [5.74, 6) is 0. The van der Waals surface area contributed by atoms with Gasteiger partial charge in [-0.1, -0.05) is 42.5 Å². The second-order valence-electron chi connectivity index (χ2n) is 4.96. The van der Waals surface area contributed by atoms with Crippen molar-refractivity contribution >= 4 is 22.7 Å². The van der Waals surface area contributed by atoms with E-state index in [0.717, 1.165) is 16.5 Å². The second-order valence-corrected chi connectivity index (χ2v) is 4.96. The lowest BCUT2D eigenvalue weighted by Crippen LogP contribution is -1.90. The average molecular weight is 290 g/mol. The monoisotopic (exact) mass is 290 g/mol. The molecule has 3 rings (SSSR count). The molecule has 108 valence electrons. The average Bonchev–Trinajstić information content (AvgIpc) is 2.55. The number of pyridine rings is 1. The van der Waals surface area contributed by atoms with Gasteiger partial charge >= 0.3 is 0 Å². The molecule has 0 unspecified atom stereocenters. The Bertz CT molecular complexity index is 856. The number of para-hydroxylation sites is 2. The third kappa shape index (κ3) is 3.01. The van der Waals surface area contributed by atoms with Crippen molar-refractivity contribution in [3.8, 4) is 0 Å². The van der Waals surface area contributed by atoms with Crippen LogP contribution >= 0.6 is 0 Å². The Morgan fingerprint density at radius 2 is 1.86 bits per heavy atom. The minimum atomic E-state index is -0.364. The first-order chi connectivity index (χ1) is 10.7. The molecule has 3 aromatic rings. The van der Waals surface area contributed by atoms with Crippen LogP contribution in [0.15, 0.2) is 66.9 Å². The number of fused-ring (bicyclic) bond motifs is 1. The highest BCUT2D eigenvalue weighted by atomic mass is 16.6. The summed E-state index contributed by atoms with van der Waals surface area (Å²) in [5, 5.41) is 12.1. The number of allylic oxidation sites excluding steroid dienone is 1. The molecule has 4 nitrogen and oxygen atoms in total. The molecule has 2 aromatic carbocycles. The molecule has 0 saturated heterocycles. The van der Waals surface area contributed by atoms with E-state index in [0.29, 0.717) is 12.0 Å². The highest BCUT2D eigenvalue weighted by Crippen LogP contribution is 2.19. The van der Waals surface area contributed by atoms with Crippen LogP contribution in [-0.4, -0.2) is 9.91 Å². The van der Waals surface area contributed by atoms with Crippen LogP contribution in [0.2, 0.25) is 0 Å². The van der Waals surface area contributed by atoms with Gasteiger partial charge in [0, 0.05) is 17.6 Å². The van der Waals surface area contributed by atoms with Crippen LogP contribution in [0, 0.1) is 10.1 Å². The fourth-order valence-electron chi connectivity index (χ4n) is 2.34. The summed E-state index contributed by atoms with van der Waals surface area (Å²) in [5.41, 5.74) is 2.78. The van der Waals surface area contributed by atoms with Crippen LogP contribution in [0.3, 0.4) is 0 Å². The van der Waals surface area contributed by atoms with E-state index in [4.69, 9.17) is 0 Å². The fourth-order valence-corrected chi connectivity index (χ4v) is 2.34. The van der Waals surface area contributed by atoms with Crippen LogP contribution in [-0.2, 0) is 6.42 Å². The van der Waals surface area contributed by atoms with Crippen LogP contribution < -0.4 is 0 Å². The number of nitrogens with zero attached hydrogens (tertiary/aromatic N) is 2. The van der Waals surface area contributed by atoms with Crippen LogP contribution in [0.25, 0.3) is 17.0 Å². The standard InChI is InChI=1S/C18H14N2O2/c21-20(22)18-11-4-2-7-15(18)9-5-6-14-12-16-8-1-3-10-17(16)19-13-14/h1-5,7-13H,6H2/b9-5+. The van der Waals surface area contributed by atoms with Gasteiger partial charge in [0.05, 0.1) is 16.0 Å². The summed E-state index contributed by atoms with van der Waals surface area (Å²) < 4.78 is 0. The summed E-state index contributed by atoms with van der Waals surface area (Å²) in [6.07, 6.45) is 6.23. The number of hydrogen-bond acceptors (Lipinski definition) is 3. The maximum atomic E-state index is 11.0. The van der Waals surface area contributed by atoms with Crippen molar-refractivity contribution in [2.75, 3.05) is 0 Å². The highest BCUT2D eigenvalue weighted by molar-refractivity contribution is 5.78. The summed E-state index contributed by atoms with van der Waals surface area (Å²) in [6.45, 7) is 0. The Labute approximate surface area is 127 Å². The van der Waals surface area contributed by atoms with Crippen molar-refractivity contribution < 1.29 is 4.92 Å². The molecule has 1 aromatic heterocycles. The molecule has 0 aliphatic carbocycles. The first-order valence-electron chi connectivity index (χ1n) is 6.98. The van der Waals surface area contributed by atoms with Crippen molar-refractivity contribution in [2.24, 2.45) is 0 Å². The quantitative estimate of drug-likeness (QED) is 0.528. The van der Waals surface area contributed by atoms with Gasteiger partial charge in [0.2, 0.25) is 0 Å². The van der Waals surface area contributed by atoms with E-state index >= 15 is 0 Å². The predicted molar refractivity (Wildman–Crippen MR) is 87.6 cm³/mol. The number of nitro benzene ring substituents is 1. The Balaban J connectivity index is 1.80. The summed E-state index contributed by atoms with van der Waals surface area (Å²) in [4.78, 5) is 15.0. The molecule has 0 fully saturated rings. The Morgan fingerprint density at radius 3 is 2.73 bits per heavy atom. The third-order valence-corrected chi connectivity index (χ3v) is 3.43. The lowest BCUT2D eigenvalue weighted by Gasteiger charge is -2.00. The van der Waals surface area contributed by atoms with Gasteiger partial charge in [-0.3, -0.25) is 15.1 Å². The topological polar surface area (TPSA) is 56.0 Å². The molecular weight excluding hydrogens is 276 g/mol. The van der Waals surface area contributed by atoms with Crippen LogP contribution in [0.1, 0.15) is 11.1 Å². The van der Waals surface area contributed by atoms with Crippen molar-refractivity contribution in [1.29, 1.82) is 0 Å². The predicted octanol–water partition coefficient (Wildman–Crippen LogP) is 4.40. The molecule has 4 heteroatoms. The molecule has 0 radical (unpaired) electrons. The van der Waals surface area contributed by atoms with Gasteiger partial charge in [0.1, 0.15) is 0 Å². The Kier molecular flexibility index (Phi) is 3.92. The first-order valence-corrected chi connectivity index (χ1v) is 6.98. The maximum Gasteiger partial charge on any atom is 0.276 e. The molecular formula is C18H14N2O2. The number of nitro groups is 1. The van der Waals surface area contributed by atoms with Gasteiger partial charge in [0.15, 0.2) is 0 Å². The van der Waals surface area contributed by atoms with Gasteiger partial charge in [-0.05, 0) is 30.2 Å². The lowest BCUT2D eigenvalue weighted by molar-refractivity contribution is -0.385. The van der Waals surface area contributed by atoms with E-state index in [1.54, 1.807) is 24.3 Å². The van der Waals surface area contributed by atoms with E-state index in [2.05, 4.69) is 11.1 Å². The Hall–Kier alpha value is -3.01. The molecule has 0 aliphatic heterocycles. The smallest absolute Gasteiger partial charge is 0.258 e. The normalized spacial score (nSPS) is 11.1. The number of benzene rings is 2. The zero-order valence-corrected chi connectivity index (χ0v) is 11.8. The minimum absolute atomic E-state index is 0.121. The third-order valence-electron chi connectivity index (χ3n) is 3.43. The van der Waals surface area contributed by atoms with Gasteiger partial charge in [0.25, 0.3) is 5.69 Å². The SMILES string of the molecule is O=[N+]([O-])c1ccccc1/C=C/Cc1cnc2ccccc2c1. The van der Waals surface area contributed by atoms with E-state index in [9.17, 15) is 10.1 Å². The fraction of sp³-hybridized carbons (Fsp3) is 0.0556. The van der Waals surface area contributed by atoms with Crippen molar-refractivity contribution in [3.63, 3.8) is 0 Å². The molecule has 0 saturated carbocycles. The number of hydrogen-bond donors (Lipinski definition) is 0. The van der Waals surface area contributed by atoms with Gasteiger partial charge in [-0.2, -0.15) is 0 Å². The van der Waals surface area contributed by atoms with Crippen molar-refractivity contribution in [1.82, 2.24) is 4.98 Å². The van der Waals surface area contributed by atoms with Gasteiger partial charge in [-0.25, -0.2) is 0 Å². The van der Waals surface area contributed by atoms with E-state index < -0.39 is 0 Å². The first kappa shape index (κ1) is 13.9. The largest absolute Gasteiger partial charge is 0.276 e. The van der Waals surface area contributed by atoms with Crippen molar-refractivity contribution in [2.45, 2.75) is 6.42 Å². The summed E-state index contributed by atoms with van der Waals surface area (Å²) in [6, 6.07) is 16.8. The summed E-state index contributed by atoms with van der Waals surface area (Å²) >= 11 is 0. The van der Waals surface area contributed by atoms with Crippen LogP contribution in [0.4, 0.5) is 5.69 Å². The van der Waals surface area contributed by atoms with Crippen LogP contribution in [0.5, 0.6) is 0 Å². The zero-order valence-electron chi connectivity index (χ0n) is 11.8. The highest BCUT2D eigenvalue weighted by Gasteiger charge is 2.08. The molecule has 1 heterocycles. The van der Waals surface area contributed by atoms with E-state index in [1.165, 1.54) is 6.07 Å². The van der Waals surface area contributed by atoms with E-state index in [-0.39, 0.29) is 10.6 Å². The lowest BCUT2D eigenvalue weighted by atomic mass is 10.1. The van der Waals surface area contributed by atoms with Gasteiger partial charge in [-0.15, -0.1) is 0 Å². The van der Waals surface area contributed by atoms with Crippen molar-refractivity contribution in [3.05, 3.63) is 88.1 Å². The molecule has 0 aliphatic rings. The molecule has 0 amide bonds. The maximum absolute atomic E-state index is 11.0. The van der Waals surface area contributed by atoms with E-state index in [1.807, 2.05) is 36.5 Å². The van der Waals surface area contributed by atoms with Gasteiger partial charge < -0.3 is 0 Å². The molecule has 0 spiro atoms. The number of rotatable bonds is 4. The number of aromatic nitrogens is 1. The second kappa shape index (κ2) is 6.18.